The fourth-order valence-corrected chi connectivity index (χ4v) is 7.15. The number of hydrogen-bond donors (Lipinski definition) is 2. The van der Waals surface area contributed by atoms with Crippen molar-refractivity contribution < 1.29 is 32.6 Å². The summed E-state index contributed by atoms with van der Waals surface area (Å²) < 4.78 is 37.2. The second kappa shape index (κ2) is 12.2. The first-order chi connectivity index (χ1) is 18.2. The van der Waals surface area contributed by atoms with Gasteiger partial charge in [0.2, 0.25) is 10.0 Å². The monoisotopic (exact) mass is 578 g/mol. The quantitative estimate of drug-likeness (QED) is 0.331. The second-order valence-corrected chi connectivity index (χ2v) is 12.1. The lowest BCUT2D eigenvalue weighted by molar-refractivity contribution is -0.142. The van der Waals surface area contributed by atoms with Crippen molar-refractivity contribution in [1.29, 1.82) is 0 Å². The van der Waals surface area contributed by atoms with E-state index >= 15 is 0 Å². The highest BCUT2D eigenvalue weighted by atomic mass is 35.5. The van der Waals surface area contributed by atoms with Crippen LogP contribution < -0.4 is 10.1 Å². The molecular formula is C26H27ClN2O7S2. The normalized spacial score (nSPS) is 14.7. The lowest BCUT2D eigenvalue weighted by Gasteiger charge is -2.32. The summed E-state index contributed by atoms with van der Waals surface area (Å²) in [5.74, 6) is -1.97. The zero-order chi connectivity index (χ0) is 27.3. The molecule has 0 amide bonds. The fourth-order valence-electron chi connectivity index (χ4n) is 4.18. The number of anilines is 1. The summed E-state index contributed by atoms with van der Waals surface area (Å²) in [7, 11) is -2.19. The lowest BCUT2D eigenvalue weighted by Crippen LogP contribution is -2.42. The molecule has 0 atom stereocenters. The zero-order valence-electron chi connectivity index (χ0n) is 20.6. The van der Waals surface area contributed by atoms with Crippen LogP contribution in [0.15, 0.2) is 54.6 Å². The van der Waals surface area contributed by atoms with Gasteiger partial charge in [0.05, 0.1) is 17.7 Å². The van der Waals surface area contributed by atoms with Crippen LogP contribution >= 0.6 is 22.9 Å². The van der Waals surface area contributed by atoms with E-state index in [9.17, 15) is 23.1 Å². The largest absolute Gasteiger partial charge is 0.479 e. The zero-order valence-corrected chi connectivity index (χ0v) is 22.9. The number of halogens is 1. The Kier molecular flexibility index (Phi) is 8.93. The number of esters is 1. The van der Waals surface area contributed by atoms with E-state index in [1.807, 2.05) is 48.5 Å². The van der Waals surface area contributed by atoms with E-state index in [0.717, 1.165) is 22.6 Å². The van der Waals surface area contributed by atoms with Crippen LogP contribution in [0.4, 0.5) is 5.69 Å². The van der Waals surface area contributed by atoms with E-state index in [4.69, 9.17) is 16.3 Å². The number of carbonyl (C=O) groups is 2. The van der Waals surface area contributed by atoms with E-state index in [1.165, 1.54) is 7.11 Å². The predicted octanol–water partition coefficient (Wildman–Crippen LogP) is 4.72. The molecular weight excluding hydrogens is 552 g/mol. The minimum atomic E-state index is -3.40. The van der Waals surface area contributed by atoms with Gasteiger partial charge in [0.1, 0.15) is 5.02 Å². The molecule has 2 N–H and O–H groups in total. The highest BCUT2D eigenvalue weighted by molar-refractivity contribution is 7.88. The molecule has 1 aliphatic heterocycles. The molecule has 1 aliphatic rings. The molecule has 0 bridgehead atoms. The molecule has 0 spiro atoms. The molecule has 202 valence electrons. The molecule has 0 saturated carbocycles. The molecule has 0 aliphatic carbocycles. The van der Waals surface area contributed by atoms with Gasteiger partial charge in [-0.25, -0.2) is 22.3 Å². The first kappa shape index (κ1) is 27.9. The Hall–Kier alpha value is -3.12. The third-order valence-electron chi connectivity index (χ3n) is 6.10. The Balaban J connectivity index is 1.43. The number of thiophene rings is 1. The number of methoxy groups -OCH3 is 1. The van der Waals surface area contributed by atoms with Gasteiger partial charge in [-0.05, 0) is 36.1 Å². The Morgan fingerprint density at radius 1 is 1.13 bits per heavy atom. The summed E-state index contributed by atoms with van der Waals surface area (Å²) >= 11 is 7.44. The van der Waals surface area contributed by atoms with Gasteiger partial charge in [0.25, 0.3) is 0 Å². The average Bonchev–Trinajstić information content (AvgIpc) is 3.24. The summed E-state index contributed by atoms with van der Waals surface area (Å²) in [5, 5.41) is 13.2. The van der Waals surface area contributed by atoms with Crippen LogP contribution in [0, 0.1) is 0 Å². The van der Waals surface area contributed by atoms with Gasteiger partial charge in [-0.1, -0.05) is 54.1 Å². The molecule has 9 nitrogen and oxygen atoms in total. The van der Waals surface area contributed by atoms with Gasteiger partial charge >= 0.3 is 11.9 Å². The van der Waals surface area contributed by atoms with Crippen LogP contribution in [0.2, 0.25) is 5.02 Å². The topological polar surface area (TPSA) is 122 Å². The van der Waals surface area contributed by atoms with Crippen molar-refractivity contribution in [2.24, 2.45) is 0 Å². The number of carboxylic acids is 1. The van der Waals surface area contributed by atoms with Gasteiger partial charge in [-0.15, -0.1) is 11.3 Å². The standard InChI is InChI=1S/C26H27ClN2O7S2/c1-35-21(30)15-36-23-22(27)24(37-25(23)26(31)32)18-8-5-9-20(14-18)28-19-10-12-29(13-11-19)38(33,34)16-17-6-3-2-4-7-17/h2-9,14,19,28H,10-13,15-16H2,1H3,(H,31,32). The minimum Gasteiger partial charge on any atom is -0.479 e. The maximum Gasteiger partial charge on any atom is 0.349 e. The van der Waals surface area contributed by atoms with Gasteiger partial charge in [0.15, 0.2) is 17.2 Å². The molecule has 1 fully saturated rings. The molecule has 0 unspecified atom stereocenters. The molecule has 0 radical (unpaired) electrons. The highest BCUT2D eigenvalue weighted by Crippen LogP contribution is 2.46. The molecule has 12 heteroatoms. The van der Waals surface area contributed by atoms with Crippen molar-refractivity contribution in [1.82, 2.24) is 4.31 Å². The molecule has 4 rings (SSSR count). The highest BCUT2D eigenvalue weighted by Gasteiger charge is 2.29. The Labute approximate surface area is 230 Å². The van der Waals surface area contributed by atoms with Crippen molar-refractivity contribution >= 4 is 50.6 Å². The fraction of sp³-hybridized carbons (Fsp3) is 0.308. The number of nitrogens with zero attached hydrogens (tertiary/aromatic N) is 1. The maximum absolute atomic E-state index is 12.8. The van der Waals surface area contributed by atoms with Gasteiger partial charge in [0, 0.05) is 24.8 Å². The average molecular weight is 579 g/mol. The number of aromatic carboxylic acids is 1. The first-order valence-electron chi connectivity index (χ1n) is 11.8. The van der Waals surface area contributed by atoms with Crippen LogP contribution in [0.5, 0.6) is 5.75 Å². The van der Waals surface area contributed by atoms with Crippen molar-refractivity contribution in [3.05, 3.63) is 70.1 Å². The van der Waals surface area contributed by atoms with Crippen LogP contribution in [0.25, 0.3) is 10.4 Å². The Bertz CT molecular complexity index is 1400. The maximum atomic E-state index is 12.8. The summed E-state index contributed by atoms with van der Waals surface area (Å²) in [4.78, 5) is 23.6. The smallest absolute Gasteiger partial charge is 0.349 e. The van der Waals surface area contributed by atoms with Gasteiger partial charge in [-0.2, -0.15) is 0 Å². The van der Waals surface area contributed by atoms with E-state index in [-0.39, 0.29) is 27.4 Å². The summed E-state index contributed by atoms with van der Waals surface area (Å²) in [6.07, 6.45) is 1.29. The van der Waals surface area contributed by atoms with Gasteiger partial charge < -0.3 is 19.9 Å². The molecule has 2 aromatic carbocycles. The number of carboxylic acid groups (broad SMARTS) is 1. The molecule has 1 saturated heterocycles. The lowest BCUT2D eigenvalue weighted by atomic mass is 10.1. The number of hydrogen-bond acceptors (Lipinski definition) is 8. The number of carbonyl (C=O) groups excluding carboxylic acids is 1. The van der Waals surface area contributed by atoms with E-state index < -0.39 is 28.6 Å². The predicted molar refractivity (Wildman–Crippen MR) is 147 cm³/mol. The van der Waals surface area contributed by atoms with Crippen LogP contribution in [0.1, 0.15) is 28.1 Å². The Morgan fingerprint density at radius 3 is 2.50 bits per heavy atom. The van der Waals surface area contributed by atoms with Crippen LogP contribution in [-0.2, 0) is 25.3 Å². The van der Waals surface area contributed by atoms with Crippen molar-refractivity contribution in [3.8, 4) is 16.2 Å². The third kappa shape index (κ3) is 6.65. The van der Waals surface area contributed by atoms with Crippen molar-refractivity contribution in [3.63, 3.8) is 0 Å². The second-order valence-electron chi connectivity index (χ2n) is 8.71. The number of ether oxygens (including phenoxy) is 2. The SMILES string of the molecule is COC(=O)COc1c(C(=O)O)sc(-c2cccc(NC3CCN(S(=O)(=O)Cc4ccccc4)CC3)c2)c1Cl. The van der Waals surface area contributed by atoms with Crippen LogP contribution in [0.3, 0.4) is 0 Å². The van der Waals surface area contributed by atoms with Crippen LogP contribution in [-0.4, -0.2) is 62.6 Å². The number of nitrogens with one attached hydrogen (secondary N) is 1. The summed E-state index contributed by atoms with van der Waals surface area (Å²) in [5.41, 5.74) is 2.25. The summed E-state index contributed by atoms with van der Waals surface area (Å²) in [6, 6.07) is 16.6. The third-order valence-corrected chi connectivity index (χ3v) is 9.63. The molecule has 38 heavy (non-hydrogen) atoms. The molecule has 3 aromatic rings. The number of rotatable bonds is 10. The van der Waals surface area contributed by atoms with Gasteiger partial charge in [-0.3, -0.25) is 0 Å². The number of piperidine rings is 1. The van der Waals surface area contributed by atoms with Crippen molar-refractivity contribution in [2.75, 3.05) is 32.1 Å². The number of benzene rings is 2. The van der Waals surface area contributed by atoms with E-state index in [0.29, 0.717) is 36.4 Å². The van der Waals surface area contributed by atoms with Crippen molar-refractivity contribution in [2.45, 2.75) is 24.6 Å². The minimum absolute atomic E-state index is 0.0147. The number of sulfonamides is 1. The van der Waals surface area contributed by atoms with E-state index in [1.54, 1.807) is 10.4 Å². The Morgan fingerprint density at radius 2 is 1.84 bits per heavy atom. The summed E-state index contributed by atoms with van der Waals surface area (Å²) in [6.45, 7) is 0.381. The van der Waals surface area contributed by atoms with E-state index in [2.05, 4.69) is 10.1 Å². The first-order valence-corrected chi connectivity index (χ1v) is 14.6. The molecule has 2 heterocycles. The molecule has 1 aromatic heterocycles.